The Hall–Kier alpha value is -2.40. The fourth-order valence-electron chi connectivity index (χ4n) is 1.70. The molecule has 28 heavy (non-hydrogen) atoms. The van der Waals surface area contributed by atoms with E-state index in [1.807, 2.05) is 0 Å². The molecule has 2 rings (SSSR count). The van der Waals surface area contributed by atoms with Gasteiger partial charge in [0.1, 0.15) is 0 Å². The molecule has 2 aromatic carbocycles. The zero-order valence-electron chi connectivity index (χ0n) is 13.2. The number of benzene rings is 2. The highest BCUT2D eigenvalue weighted by molar-refractivity contribution is 5.27. The zero-order chi connectivity index (χ0) is 22.0. The Morgan fingerprint density at radius 1 is 0.286 bits per heavy atom. The summed E-state index contributed by atoms with van der Waals surface area (Å²) >= 11 is 0. The molecule has 0 aliphatic carbocycles. The third-order valence-corrected chi connectivity index (χ3v) is 3.08. The molecule has 0 heterocycles. The smallest absolute Gasteiger partial charge is 0.166 e. The maximum Gasteiger partial charge on any atom is 0.416 e. The molecule has 12 heteroatoms. The molecule has 0 saturated heterocycles. The molecule has 2 aromatic rings. The summed E-state index contributed by atoms with van der Waals surface area (Å²) in [6, 6.07) is 3.24. The van der Waals surface area contributed by atoms with E-state index in [-0.39, 0.29) is 0 Å². The lowest BCUT2D eigenvalue weighted by Crippen LogP contribution is -2.08. The third-order valence-electron chi connectivity index (χ3n) is 3.08. The summed E-state index contributed by atoms with van der Waals surface area (Å²) in [4.78, 5) is 0. The molecule has 0 aliphatic rings. The monoisotopic (exact) mass is 428 g/mol. The second-order valence-corrected chi connectivity index (χ2v) is 5.15. The van der Waals surface area contributed by atoms with Crippen LogP contribution in [0, 0.1) is 0 Å². The first-order valence-electron chi connectivity index (χ1n) is 6.91. The highest BCUT2D eigenvalue weighted by Crippen LogP contribution is 2.34. The van der Waals surface area contributed by atoms with Crippen LogP contribution >= 0.6 is 0 Å². The van der Waals surface area contributed by atoms with Crippen molar-refractivity contribution in [2.45, 2.75) is 24.7 Å². The van der Waals surface area contributed by atoms with E-state index < -0.39 is 47.0 Å². The molecule has 0 fully saturated rings. The van der Waals surface area contributed by atoms with Crippen LogP contribution in [0.2, 0.25) is 0 Å². The van der Waals surface area contributed by atoms with Crippen molar-refractivity contribution in [3.8, 4) is 0 Å². The molecule has 0 spiro atoms. The van der Waals surface area contributed by atoms with E-state index >= 15 is 0 Å². The van der Waals surface area contributed by atoms with E-state index in [0.717, 1.165) is 0 Å². The van der Waals surface area contributed by atoms with Crippen LogP contribution in [-0.4, -0.2) is 0 Å². The van der Waals surface area contributed by atoms with Gasteiger partial charge in [0, 0.05) is 0 Å². The summed E-state index contributed by atoms with van der Waals surface area (Å²) in [6.07, 6.45) is -18.4. The van der Waals surface area contributed by atoms with Gasteiger partial charge in [0.2, 0.25) is 0 Å². The molecular weight excluding hydrogens is 420 g/mol. The molecule has 0 bridgehead atoms. The minimum atomic E-state index is -4.61. The maximum absolute atomic E-state index is 11.9. The average molecular weight is 428 g/mol. The number of halogens is 12. The van der Waals surface area contributed by atoms with Crippen molar-refractivity contribution in [2.75, 3.05) is 0 Å². The molecule has 156 valence electrons. The summed E-state index contributed by atoms with van der Waals surface area (Å²) in [5.41, 5.74) is -4.37. The summed E-state index contributed by atoms with van der Waals surface area (Å²) in [5, 5.41) is 0. The summed E-state index contributed by atoms with van der Waals surface area (Å²) in [6.45, 7) is 0. The second kappa shape index (κ2) is 7.92. The molecule has 0 aliphatic heterocycles. The van der Waals surface area contributed by atoms with Crippen molar-refractivity contribution in [3.63, 3.8) is 0 Å². The summed E-state index contributed by atoms with van der Waals surface area (Å²) in [7, 11) is 0. The van der Waals surface area contributed by atoms with Gasteiger partial charge in [0.15, 0.2) is 0 Å². The van der Waals surface area contributed by atoms with Gasteiger partial charge in [-0.05, 0) is 48.5 Å². The van der Waals surface area contributed by atoms with Crippen LogP contribution < -0.4 is 0 Å². The van der Waals surface area contributed by atoms with E-state index in [1.54, 1.807) is 0 Å². The van der Waals surface area contributed by atoms with Gasteiger partial charge in [-0.3, -0.25) is 0 Å². The molecule has 0 saturated carbocycles. The summed E-state index contributed by atoms with van der Waals surface area (Å²) in [5.74, 6) is 0. The first-order chi connectivity index (χ1) is 12.4. The first kappa shape index (κ1) is 23.6. The average Bonchev–Trinajstić information content (AvgIpc) is 2.52. The SMILES string of the molecule is FC(F)(F)c1ccc(C(F)(F)F)cc1.FC(F)(F)c1ccc(C(F)(F)F)cc1. The quantitative estimate of drug-likeness (QED) is 0.383. The van der Waals surface area contributed by atoms with Crippen molar-refractivity contribution >= 4 is 0 Å². The molecular formula is C16H8F12. The van der Waals surface area contributed by atoms with Gasteiger partial charge in [-0.15, -0.1) is 0 Å². The van der Waals surface area contributed by atoms with Crippen LogP contribution in [0.4, 0.5) is 52.7 Å². The maximum atomic E-state index is 11.9. The Morgan fingerprint density at radius 3 is 0.464 bits per heavy atom. The minimum Gasteiger partial charge on any atom is -0.166 e. The van der Waals surface area contributed by atoms with E-state index in [1.165, 1.54) is 0 Å². The lowest BCUT2D eigenvalue weighted by atomic mass is 10.1. The molecule has 0 nitrogen and oxygen atoms in total. The van der Waals surface area contributed by atoms with Crippen molar-refractivity contribution in [1.82, 2.24) is 0 Å². The van der Waals surface area contributed by atoms with Crippen LogP contribution in [0.3, 0.4) is 0 Å². The van der Waals surface area contributed by atoms with Gasteiger partial charge >= 0.3 is 24.7 Å². The number of rotatable bonds is 0. The highest BCUT2D eigenvalue weighted by atomic mass is 19.4. The predicted molar refractivity (Wildman–Crippen MR) is 72.9 cm³/mol. The van der Waals surface area contributed by atoms with Crippen molar-refractivity contribution < 1.29 is 52.7 Å². The lowest BCUT2D eigenvalue weighted by Gasteiger charge is -2.09. The Balaban J connectivity index is 0.000000280. The highest BCUT2D eigenvalue weighted by Gasteiger charge is 2.35. The van der Waals surface area contributed by atoms with Gasteiger partial charge in [-0.1, -0.05) is 0 Å². The van der Waals surface area contributed by atoms with Gasteiger partial charge < -0.3 is 0 Å². The normalized spacial score (nSPS) is 13.0. The minimum absolute atomic E-state index is 0.406. The van der Waals surface area contributed by atoms with E-state index in [0.29, 0.717) is 48.5 Å². The van der Waals surface area contributed by atoms with E-state index in [2.05, 4.69) is 0 Å². The molecule has 0 amide bonds. The van der Waals surface area contributed by atoms with Crippen molar-refractivity contribution in [1.29, 1.82) is 0 Å². The van der Waals surface area contributed by atoms with E-state index in [4.69, 9.17) is 0 Å². The first-order valence-corrected chi connectivity index (χ1v) is 6.91. The van der Waals surface area contributed by atoms with Gasteiger partial charge in [-0.2, -0.15) is 52.7 Å². The predicted octanol–water partition coefficient (Wildman–Crippen LogP) is 7.45. The Bertz CT molecular complexity index is 610. The largest absolute Gasteiger partial charge is 0.416 e. The molecule has 0 unspecified atom stereocenters. The van der Waals surface area contributed by atoms with Gasteiger partial charge in [0.25, 0.3) is 0 Å². The van der Waals surface area contributed by atoms with Crippen LogP contribution in [-0.2, 0) is 24.7 Å². The fraction of sp³-hybridized carbons (Fsp3) is 0.250. The van der Waals surface area contributed by atoms with Crippen molar-refractivity contribution in [2.24, 2.45) is 0 Å². The van der Waals surface area contributed by atoms with Gasteiger partial charge in [0.05, 0.1) is 22.3 Å². The zero-order valence-corrected chi connectivity index (χ0v) is 13.2. The summed E-state index contributed by atoms with van der Waals surface area (Å²) < 4.78 is 143. The molecule has 0 atom stereocenters. The Morgan fingerprint density at radius 2 is 0.393 bits per heavy atom. The lowest BCUT2D eigenvalue weighted by molar-refractivity contribution is -0.141. The van der Waals surface area contributed by atoms with Crippen molar-refractivity contribution in [3.05, 3.63) is 70.8 Å². The number of hydrogen-bond acceptors (Lipinski definition) is 0. The van der Waals surface area contributed by atoms with Crippen LogP contribution in [0.15, 0.2) is 48.5 Å². The third kappa shape index (κ3) is 6.97. The van der Waals surface area contributed by atoms with Crippen LogP contribution in [0.1, 0.15) is 22.3 Å². The van der Waals surface area contributed by atoms with Crippen LogP contribution in [0.25, 0.3) is 0 Å². The standard InChI is InChI=1S/2C8H4F6/c2*9-7(10,11)5-1-2-6(4-3-5)8(12,13)14/h2*1-4H. The van der Waals surface area contributed by atoms with E-state index in [9.17, 15) is 52.7 Å². The van der Waals surface area contributed by atoms with Gasteiger partial charge in [-0.25, -0.2) is 0 Å². The second-order valence-electron chi connectivity index (χ2n) is 5.15. The Kier molecular flexibility index (Phi) is 6.68. The number of hydrogen-bond donors (Lipinski definition) is 0. The molecule has 0 radical (unpaired) electrons. The topological polar surface area (TPSA) is 0 Å². The van der Waals surface area contributed by atoms with Crippen LogP contribution in [0.5, 0.6) is 0 Å². The molecule has 0 N–H and O–H groups in total. The molecule has 0 aromatic heterocycles. The fourth-order valence-corrected chi connectivity index (χ4v) is 1.70. The number of alkyl halides is 12. The Labute approximate surface area is 149 Å².